The predicted octanol–water partition coefficient (Wildman–Crippen LogP) is 1.24. The SMILES string of the molecule is O=C(OC1CC2CC1[C@H]1CCCCN1C2=O)N1CCOCC1. The fraction of sp³-hybridized carbons (Fsp3) is 0.875. The normalized spacial score (nSPS) is 37.9. The van der Waals surface area contributed by atoms with Crippen LogP contribution in [0.2, 0.25) is 0 Å². The van der Waals surface area contributed by atoms with Gasteiger partial charge in [-0.05, 0) is 32.1 Å². The first-order valence-electron chi connectivity index (χ1n) is 8.58. The lowest BCUT2D eigenvalue weighted by molar-refractivity contribution is -0.143. The molecule has 122 valence electrons. The zero-order chi connectivity index (χ0) is 15.1. The van der Waals surface area contributed by atoms with Gasteiger partial charge in [0.05, 0.1) is 13.2 Å². The Morgan fingerprint density at radius 2 is 1.95 bits per heavy atom. The Kier molecular flexibility index (Phi) is 3.72. The van der Waals surface area contributed by atoms with Crippen LogP contribution < -0.4 is 0 Å². The molecule has 2 amide bonds. The maximum Gasteiger partial charge on any atom is 0.410 e. The van der Waals surface area contributed by atoms with Crippen molar-refractivity contribution in [2.75, 3.05) is 32.8 Å². The number of ether oxygens (including phenoxy) is 2. The molecule has 22 heavy (non-hydrogen) atoms. The van der Waals surface area contributed by atoms with E-state index in [1.54, 1.807) is 4.90 Å². The zero-order valence-electron chi connectivity index (χ0n) is 12.9. The molecule has 1 saturated carbocycles. The molecule has 1 aliphatic carbocycles. The molecule has 3 saturated heterocycles. The second-order valence-corrected chi connectivity index (χ2v) is 6.95. The predicted molar refractivity (Wildman–Crippen MR) is 78.2 cm³/mol. The lowest BCUT2D eigenvalue weighted by Gasteiger charge is -2.43. The summed E-state index contributed by atoms with van der Waals surface area (Å²) < 4.78 is 11.1. The van der Waals surface area contributed by atoms with E-state index in [0.29, 0.717) is 50.6 Å². The molecule has 2 bridgehead atoms. The van der Waals surface area contributed by atoms with Gasteiger partial charge >= 0.3 is 6.09 Å². The number of amides is 2. The fourth-order valence-electron chi connectivity index (χ4n) is 4.63. The van der Waals surface area contributed by atoms with Crippen molar-refractivity contribution in [1.29, 1.82) is 0 Å². The molecule has 3 unspecified atom stereocenters. The van der Waals surface area contributed by atoms with Crippen molar-refractivity contribution in [2.45, 2.75) is 44.2 Å². The minimum absolute atomic E-state index is 0.0711. The molecule has 3 heterocycles. The van der Waals surface area contributed by atoms with Crippen molar-refractivity contribution in [1.82, 2.24) is 9.80 Å². The van der Waals surface area contributed by atoms with E-state index >= 15 is 0 Å². The van der Waals surface area contributed by atoms with Gasteiger partial charge in [-0.3, -0.25) is 4.79 Å². The zero-order valence-corrected chi connectivity index (χ0v) is 12.9. The summed E-state index contributed by atoms with van der Waals surface area (Å²) in [6.07, 6.45) is 4.66. The summed E-state index contributed by atoms with van der Waals surface area (Å²) in [5.74, 6) is 0.709. The van der Waals surface area contributed by atoms with E-state index in [0.717, 1.165) is 25.8 Å². The molecule has 4 rings (SSSR count). The van der Waals surface area contributed by atoms with Crippen LogP contribution in [0.1, 0.15) is 32.1 Å². The summed E-state index contributed by atoms with van der Waals surface area (Å²) in [6.45, 7) is 3.27. The molecule has 4 atom stereocenters. The second-order valence-electron chi connectivity index (χ2n) is 6.95. The van der Waals surface area contributed by atoms with Crippen molar-refractivity contribution in [3.05, 3.63) is 0 Å². The largest absolute Gasteiger partial charge is 0.446 e. The number of carbonyl (C=O) groups is 2. The average Bonchev–Trinajstić information content (AvgIpc) is 2.94. The van der Waals surface area contributed by atoms with Crippen molar-refractivity contribution >= 4 is 12.0 Å². The molecular formula is C16H24N2O4. The summed E-state index contributed by atoms with van der Waals surface area (Å²) >= 11 is 0. The van der Waals surface area contributed by atoms with Crippen LogP contribution in [0.25, 0.3) is 0 Å². The van der Waals surface area contributed by atoms with Crippen molar-refractivity contribution in [3.8, 4) is 0 Å². The van der Waals surface area contributed by atoms with Crippen molar-refractivity contribution in [2.24, 2.45) is 11.8 Å². The first kappa shape index (κ1) is 14.3. The van der Waals surface area contributed by atoms with Crippen LogP contribution in [0.5, 0.6) is 0 Å². The number of morpholine rings is 1. The van der Waals surface area contributed by atoms with Crippen LogP contribution in [-0.2, 0) is 14.3 Å². The molecule has 6 heteroatoms. The van der Waals surface area contributed by atoms with E-state index in [4.69, 9.17) is 9.47 Å². The summed E-state index contributed by atoms with van der Waals surface area (Å²) in [7, 11) is 0. The minimum Gasteiger partial charge on any atom is -0.446 e. The summed E-state index contributed by atoms with van der Waals surface area (Å²) in [6, 6.07) is 0.294. The Bertz CT molecular complexity index is 463. The first-order valence-corrected chi connectivity index (χ1v) is 8.58. The van der Waals surface area contributed by atoms with E-state index in [2.05, 4.69) is 4.90 Å². The van der Waals surface area contributed by atoms with Gasteiger partial charge in [-0.2, -0.15) is 0 Å². The third kappa shape index (κ3) is 2.37. The highest BCUT2D eigenvalue weighted by molar-refractivity contribution is 5.81. The fourth-order valence-corrected chi connectivity index (χ4v) is 4.63. The summed E-state index contributed by atoms with van der Waals surface area (Å²) in [5, 5.41) is 0. The third-order valence-electron chi connectivity index (χ3n) is 5.75. The van der Waals surface area contributed by atoms with Crippen LogP contribution in [0.4, 0.5) is 4.79 Å². The molecule has 4 fully saturated rings. The van der Waals surface area contributed by atoms with Gasteiger partial charge in [0.25, 0.3) is 0 Å². The van der Waals surface area contributed by atoms with Crippen molar-refractivity contribution < 1.29 is 19.1 Å². The summed E-state index contributed by atoms with van der Waals surface area (Å²) in [5.41, 5.74) is 0. The van der Waals surface area contributed by atoms with Gasteiger partial charge < -0.3 is 19.3 Å². The molecule has 3 aliphatic heterocycles. The lowest BCUT2D eigenvalue weighted by atomic mass is 9.84. The number of piperidine rings is 2. The Balaban J connectivity index is 1.44. The molecular weight excluding hydrogens is 284 g/mol. The maximum absolute atomic E-state index is 12.5. The van der Waals surface area contributed by atoms with Gasteiger partial charge in [0.2, 0.25) is 5.91 Å². The van der Waals surface area contributed by atoms with Crippen LogP contribution in [0.3, 0.4) is 0 Å². The Morgan fingerprint density at radius 3 is 2.77 bits per heavy atom. The van der Waals surface area contributed by atoms with Gasteiger partial charge in [0.15, 0.2) is 0 Å². The van der Waals surface area contributed by atoms with Gasteiger partial charge in [-0.1, -0.05) is 0 Å². The Labute approximate surface area is 130 Å². The van der Waals surface area contributed by atoms with Crippen LogP contribution in [0, 0.1) is 11.8 Å². The van der Waals surface area contributed by atoms with E-state index < -0.39 is 0 Å². The van der Waals surface area contributed by atoms with Crippen LogP contribution >= 0.6 is 0 Å². The maximum atomic E-state index is 12.5. The Hall–Kier alpha value is -1.30. The highest BCUT2D eigenvalue weighted by Crippen LogP contribution is 2.45. The van der Waals surface area contributed by atoms with E-state index in [1.807, 2.05) is 0 Å². The average molecular weight is 308 g/mol. The molecule has 0 radical (unpaired) electrons. The number of carbonyl (C=O) groups excluding carboxylic acids is 2. The van der Waals surface area contributed by atoms with Gasteiger partial charge in [0.1, 0.15) is 6.10 Å². The topological polar surface area (TPSA) is 59.1 Å². The van der Waals surface area contributed by atoms with E-state index in [1.165, 1.54) is 6.42 Å². The smallest absolute Gasteiger partial charge is 0.410 e. The molecule has 0 aromatic rings. The van der Waals surface area contributed by atoms with Crippen LogP contribution in [-0.4, -0.2) is 66.8 Å². The third-order valence-corrected chi connectivity index (χ3v) is 5.75. The number of fused-ring (bicyclic) bond motifs is 4. The van der Waals surface area contributed by atoms with Gasteiger partial charge in [-0.15, -0.1) is 0 Å². The highest BCUT2D eigenvalue weighted by atomic mass is 16.6. The Morgan fingerprint density at radius 1 is 1.14 bits per heavy atom. The van der Waals surface area contributed by atoms with Crippen LogP contribution in [0.15, 0.2) is 0 Å². The van der Waals surface area contributed by atoms with Crippen molar-refractivity contribution in [3.63, 3.8) is 0 Å². The standard InChI is InChI=1S/C16H24N2O4/c19-15-11-9-12(13-3-1-2-4-18(13)15)14(10-11)22-16(20)17-5-7-21-8-6-17/h11-14H,1-10H2/t11?,12?,13-,14?/m1/s1. The molecule has 0 N–H and O–H groups in total. The molecule has 0 spiro atoms. The summed E-state index contributed by atoms with van der Waals surface area (Å²) in [4.78, 5) is 28.6. The number of rotatable bonds is 1. The quantitative estimate of drug-likeness (QED) is 0.731. The number of hydrogen-bond acceptors (Lipinski definition) is 4. The highest BCUT2D eigenvalue weighted by Gasteiger charge is 2.52. The molecule has 0 aromatic heterocycles. The molecule has 0 aromatic carbocycles. The monoisotopic (exact) mass is 308 g/mol. The van der Waals surface area contributed by atoms with Gasteiger partial charge in [0, 0.05) is 37.5 Å². The molecule has 6 nitrogen and oxygen atoms in total. The second kappa shape index (κ2) is 5.72. The first-order chi connectivity index (χ1) is 10.7. The van der Waals surface area contributed by atoms with E-state index in [9.17, 15) is 9.59 Å². The number of hydrogen-bond donors (Lipinski definition) is 0. The molecule has 4 aliphatic rings. The number of nitrogens with zero attached hydrogens (tertiary/aromatic N) is 2. The van der Waals surface area contributed by atoms with Gasteiger partial charge in [-0.25, -0.2) is 4.79 Å². The van der Waals surface area contributed by atoms with E-state index in [-0.39, 0.29) is 18.1 Å². The lowest BCUT2D eigenvalue weighted by Crippen LogP contribution is -2.53. The minimum atomic E-state index is -0.226.